The average Bonchev–Trinajstić information content (AvgIpc) is 2.36. The molecule has 98 valence electrons. The first-order chi connectivity index (χ1) is 8.54. The summed E-state index contributed by atoms with van der Waals surface area (Å²) in [5.41, 5.74) is 1.78. The first-order valence-electron chi connectivity index (χ1n) is 6.45. The number of hydrogen-bond donors (Lipinski definition) is 0. The summed E-state index contributed by atoms with van der Waals surface area (Å²) in [5.74, 6) is 0.248. The monoisotopic (exact) mass is 246 g/mol. The summed E-state index contributed by atoms with van der Waals surface area (Å²) >= 11 is 0. The van der Waals surface area contributed by atoms with Crippen molar-refractivity contribution in [1.29, 1.82) is 0 Å². The van der Waals surface area contributed by atoms with Crippen LogP contribution >= 0.6 is 0 Å². The highest BCUT2D eigenvalue weighted by atomic mass is 16.5. The number of esters is 1. The van der Waals surface area contributed by atoms with Crippen LogP contribution in [0.4, 0.5) is 0 Å². The third-order valence-corrected chi connectivity index (χ3v) is 2.79. The van der Waals surface area contributed by atoms with E-state index in [1.165, 1.54) is 0 Å². The predicted octanol–water partition coefficient (Wildman–Crippen LogP) is 4.28. The Morgan fingerprint density at radius 1 is 1.22 bits per heavy atom. The summed E-state index contributed by atoms with van der Waals surface area (Å²) < 4.78 is 5.48. The molecule has 1 aromatic rings. The molecule has 1 aromatic carbocycles. The standard InChI is InChI=1S/C16H22O2/c1-5-14(11-12(2)3)16(17)18-13(4)15-9-7-6-8-10-15/h5-10,12-13H,11H2,1-4H3. The molecule has 18 heavy (non-hydrogen) atoms. The zero-order valence-corrected chi connectivity index (χ0v) is 11.6. The van der Waals surface area contributed by atoms with Gasteiger partial charge in [-0.1, -0.05) is 50.3 Å². The number of allylic oxidation sites excluding steroid dienone is 1. The van der Waals surface area contributed by atoms with Crippen molar-refractivity contribution >= 4 is 5.97 Å². The smallest absolute Gasteiger partial charge is 0.334 e. The third-order valence-electron chi connectivity index (χ3n) is 2.79. The van der Waals surface area contributed by atoms with Crippen LogP contribution in [0.2, 0.25) is 0 Å². The molecule has 0 heterocycles. The number of hydrogen-bond acceptors (Lipinski definition) is 2. The van der Waals surface area contributed by atoms with E-state index >= 15 is 0 Å². The minimum atomic E-state index is -0.208. The lowest BCUT2D eigenvalue weighted by Crippen LogP contribution is -2.12. The van der Waals surface area contributed by atoms with E-state index in [1.54, 1.807) is 0 Å². The Balaban J connectivity index is 2.64. The molecule has 0 aliphatic heterocycles. The van der Waals surface area contributed by atoms with Crippen LogP contribution in [0.5, 0.6) is 0 Å². The van der Waals surface area contributed by atoms with Crippen molar-refractivity contribution in [3.8, 4) is 0 Å². The van der Waals surface area contributed by atoms with Gasteiger partial charge in [-0.05, 0) is 31.7 Å². The number of benzene rings is 1. The van der Waals surface area contributed by atoms with E-state index in [1.807, 2.05) is 50.3 Å². The summed E-state index contributed by atoms with van der Waals surface area (Å²) in [6.45, 7) is 7.97. The lowest BCUT2D eigenvalue weighted by Gasteiger charge is -2.15. The van der Waals surface area contributed by atoms with E-state index < -0.39 is 0 Å². The van der Waals surface area contributed by atoms with Crippen LogP contribution in [0.15, 0.2) is 42.0 Å². The lowest BCUT2D eigenvalue weighted by molar-refractivity contribution is -0.144. The second kappa shape index (κ2) is 7.00. The van der Waals surface area contributed by atoms with E-state index in [0.717, 1.165) is 17.6 Å². The normalized spacial score (nSPS) is 13.5. The molecule has 1 unspecified atom stereocenters. The van der Waals surface area contributed by atoms with E-state index in [9.17, 15) is 4.79 Å². The maximum absolute atomic E-state index is 12.0. The quantitative estimate of drug-likeness (QED) is 0.572. The van der Waals surface area contributed by atoms with Crippen LogP contribution in [-0.4, -0.2) is 5.97 Å². The summed E-state index contributed by atoms with van der Waals surface area (Å²) in [6.07, 6.45) is 2.40. The average molecular weight is 246 g/mol. The van der Waals surface area contributed by atoms with Crippen molar-refractivity contribution in [2.75, 3.05) is 0 Å². The fourth-order valence-corrected chi connectivity index (χ4v) is 1.79. The molecule has 1 atom stereocenters. The number of carbonyl (C=O) groups is 1. The maximum Gasteiger partial charge on any atom is 0.334 e. The largest absolute Gasteiger partial charge is 0.454 e. The molecule has 2 heteroatoms. The number of ether oxygens (including phenoxy) is 1. The van der Waals surface area contributed by atoms with Gasteiger partial charge in [-0.2, -0.15) is 0 Å². The first kappa shape index (κ1) is 14.5. The van der Waals surface area contributed by atoms with Crippen molar-refractivity contribution in [2.45, 2.75) is 40.2 Å². The predicted molar refractivity (Wildman–Crippen MR) is 74.2 cm³/mol. The Morgan fingerprint density at radius 2 is 1.83 bits per heavy atom. The topological polar surface area (TPSA) is 26.3 Å². The Kier molecular flexibility index (Phi) is 5.63. The van der Waals surface area contributed by atoms with Crippen LogP contribution in [0.25, 0.3) is 0 Å². The van der Waals surface area contributed by atoms with Gasteiger partial charge in [-0.25, -0.2) is 4.79 Å². The maximum atomic E-state index is 12.0. The van der Waals surface area contributed by atoms with Crippen molar-refractivity contribution in [3.05, 3.63) is 47.5 Å². The zero-order valence-electron chi connectivity index (χ0n) is 11.6. The minimum absolute atomic E-state index is 0.206. The Bertz CT molecular complexity index is 404. The Hall–Kier alpha value is -1.57. The molecule has 1 rings (SSSR count). The molecular formula is C16H22O2. The summed E-state index contributed by atoms with van der Waals surface area (Å²) in [5, 5.41) is 0. The highest BCUT2D eigenvalue weighted by Crippen LogP contribution is 2.20. The van der Waals surface area contributed by atoms with Gasteiger partial charge in [0.05, 0.1) is 0 Å². The highest BCUT2D eigenvalue weighted by Gasteiger charge is 2.16. The van der Waals surface area contributed by atoms with Crippen LogP contribution in [0.3, 0.4) is 0 Å². The fraction of sp³-hybridized carbons (Fsp3) is 0.438. The van der Waals surface area contributed by atoms with Gasteiger partial charge in [0.15, 0.2) is 0 Å². The van der Waals surface area contributed by atoms with Crippen molar-refractivity contribution in [1.82, 2.24) is 0 Å². The van der Waals surface area contributed by atoms with E-state index in [0.29, 0.717) is 5.92 Å². The van der Waals surface area contributed by atoms with Gasteiger partial charge in [0.25, 0.3) is 0 Å². The Morgan fingerprint density at radius 3 is 2.33 bits per heavy atom. The Labute approximate surface area is 110 Å². The summed E-state index contributed by atoms with van der Waals surface area (Å²) in [7, 11) is 0. The van der Waals surface area contributed by atoms with Gasteiger partial charge in [-0.15, -0.1) is 0 Å². The molecule has 0 N–H and O–H groups in total. The second-order valence-electron chi connectivity index (χ2n) is 4.87. The van der Waals surface area contributed by atoms with Crippen molar-refractivity contribution < 1.29 is 9.53 Å². The lowest BCUT2D eigenvalue weighted by atomic mass is 10.0. The molecular weight excluding hydrogens is 224 g/mol. The number of carbonyl (C=O) groups excluding carboxylic acids is 1. The molecule has 0 aliphatic rings. The molecule has 0 aromatic heterocycles. The summed E-state index contributed by atoms with van der Waals surface area (Å²) in [6, 6.07) is 9.79. The molecule has 0 saturated carbocycles. The summed E-state index contributed by atoms with van der Waals surface area (Å²) in [4.78, 5) is 12.0. The SMILES string of the molecule is CC=C(CC(C)C)C(=O)OC(C)c1ccccc1. The van der Waals surface area contributed by atoms with E-state index in [-0.39, 0.29) is 12.1 Å². The van der Waals surface area contributed by atoms with Crippen LogP contribution in [-0.2, 0) is 9.53 Å². The van der Waals surface area contributed by atoms with E-state index in [4.69, 9.17) is 4.74 Å². The van der Waals surface area contributed by atoms with Gasteiger partial charge in [0.2, 0.25) is 0 Å². The van der Waals surface area contributed by atoms with Crippen LogP contribution < -0.4 is 0 Å². The number of rotatable bonds is 5. The van der Waals surface area contributed by atoms with Gasteiger partial charge in [-0.3, -0.25) is 0 Å². The second-order valence-corrected chi connectivity index (χ2v) is 4.87. The van der Waals surface area contributed by atoms with Gasteiger partial charge < -0.3 is 4.74 Å². The van der Waals surface area contributed by atoms with Crippen molar-refractivity contribution in [2.24, 2.45) is 5.92 Å². The molecule has 0 fully saturated rings. The molecule has 0 saturated heterocycles. The molecule has 0 bridgehead atoms. The minimum Gasteiger partial charge on any atom is -0.454 e. The fourth-order valence-electron chi connectivity index (χ4n) is 1.79. The zero-order chi connectivity index (χ0) is 13.5. The van der Waals surface area contributed by atoms with Gasteiger partial charge >= 0.3 is 5.97 Å². The molecule has 0 radical (unpaired) electrons. The highest BCUT2D eigenvalue weighted by molar-refractivity contribution is 5.88. The van der Waals surface area contributed by atoms with Gasteiger partial charge in [0.1, 0.15) is 6.10 Å². The first-order valence-corrected chi connectivity index (χ1v) is 6.45. The molecule has 2 nitrogen and oxygen atoms in total. The molecule has 0 aliphatic carbocycles. The van der Waals surface area contributed by atoms with E-state index in [2.05, 4.69) is 13.8 Å². The van der Waals surface area contributed by atoms with Gasteiger partial charge in [0, 0.05) is 5.57 Å². The van der Waals surface area contributed by atoms with Crippen LogP contribution in [0, 0.1) is 5.92 Å². The molecule has 0 amide bonds. The molecule has 0 spiro atoms. The van der Waals surface area contributed by atoms with Crippen LogP contribution in [0.1, 0.15) is 45.8 Å². The van der Waals surface area contributed by atoms with Crippen molar-refractivity contribution in [3.63, 3.8) is 0 Å². The third kappa shape index (κ3) is 4.36.